The number of rotatable bonds is 5. The summed E-state index contributed by atoms with van der Waals surface area (Å²) in [5, 5.41) is 1.24. The first kappa shape index (κ1) is 19.6. The van der Waals surface area contributed by atoms with Crippen LogP contribution in [0.1, 0.15) is 0 Å². The zero-order valence-corrected chi connectivity index (χ0v) is 17.1. The van der Waals surface area contributed by atoms with Crippen LogP contribution in [0.25, 0.3) is 10.2 Å². The third kappa shape index (κ3) is 4.34. The average Bonchev–Trinajstić information content (AvgIpc) is 3.12. The fourth-order valence-electron chi connectivity index (χ4n) is 2.70. The highest BCUT2D eigenvalue weighted by molar-refractivity contribution is 7.22. The molecule has 0 aliphatic heterocycles. The van der Waals surface area contributed by atoms with Gasteiger partial charge in [-0.1, -0.05) is 46.7 Å². The molecule has 3 aromatic carbocycles. The molecule has 4 rings (SSSR count). The quantitative estimate of drug-likeness (QED) is 0.351. The second-order valence-electron chi connectivity index (χ2n) is 6.03. The van der Waals surface area contributed by atoms with Gasteiger partial charge >= 0.3 is 0 Å². The minimum Gasteiger partial charge on any atom is -0.482 e. The molecule has 0 spiro atoms. The van der Waals surface area contributed by atoms with Crippen molar-refractivity contribution in [2.75, 3.05) is 11.5 Å². The van der Waals surface area contributed by atoms with E-state index in [0.29, 0.717) is 26.6 Å². The van der Waals surface area contributed by atoms with Gasteiger partial charge in [0.15, 0.2) is 11.7 Å². The standard InChI is InChI=1S/C21H13Cl2FN2O2S/c22-13-5-10-18(16(23)11-13)28-12-20(27)26(15-8-6-14(24)7-9-15)21-25-17-3-1-2-4-19(17)29-21/h1-11H,12H2. The number of carbonyl (C=O) groups excluding carboxylic acids is 1. The van der Waals surface area contributed by atoms with Crippen molar-refractivity contribution in [3.05, 3.63) is 82.6 Å². The summed E-state index contributed by atoms with van der Waals surface area (Å²) in [6.07, 6.45) is 0. The lowest BCUT2D eigenvalue weighted by Crippen LogP contribution is -2.30. The lowest BCUT2D eigenvalue weighted by molar-refractivity contribution is -0.119. The summed E-state index contributed by atoms with van der Waals surface area (Å²) >= 11 is 13.4. The van der Waals surface area contributed by atoms with Crippen molar-refractivity contribution in [2.24, 2.45) is 0 Å². The number of amides is 1. The van der Waals surface area contributed by atoms with Gasteiger partial charge in [0.1, 0.15) is 11.6 Å². The van der Waals surface area contributed by atoms with Gasteiger partial charge in [0, 0.05) is 5.02 Å². The first-order valence-electron chi connectivity index (χ1n) is 8.53. The number of thiazole rings is 1. The molecule has 0 aliphatic carbocycles. The van der Waals surface area contributed by atoms with Crippen LogP contribution in [0.5, 0.6) is 5.75 Å². The Morgan fingerprint density at radius 2 is 1.83 bits per heavy atom. The Labute approximate surface area is 180 Å². The van der Waals surface area contributed by atoms with Gasteiger partial charge in [-0.2, -0.15) is 0 Å². The summed E-state index contributed by atoms with van der Waals surface area (Å²) in [6, 6.07) is 18.0. The largest absolute Gasteiger partial charge is 0.482 e. The Bertz CT molecular complexity index is 1150. The van der Waals surface area contributed by atoms with E-state index in [1.807, 2.05) is 24.3 Å². The molecule has 0 unspecified atom stereocenters. The van der Waals surface area contributed by atoms with Crippen molar-refractivity contribution in [3.63, 3.8) is 0 Å². The van der Waals surface area contributed by atoms with Crippen molar-refractivity contribution in [1.29, 1.82) is 0 Å². The summed E-state index contributed by atoms with van der Waals surface area (Å²) in [5.41, 5.74) is 1.26. The number of anilines is 2. The third-order valence-corrected chi connectivity index (χ3v) is 5.61. The number of benzene rings is 3. The van der Waals surface area contributed by atoms with Gasteiger partial charge in [0.05, 0.1) is 20.9 Å². The van der Waals surface area contributed by atoms with E-state index in [-0.39, 0.29) is 12.5 Å². The highest BCUT2D eigenvalue weighted by Crippen LogP contribution is 2.34. The lowest BCUT2D eigenvalue weighted by Gasteiger charge is -2.20. The summed E-state index contributed by atoms with van der Waals surface area (Å²) in [5.74, 6) is -0.427. The number of hydrogen-bond donors (Lipinski definition) is 0. The zero-order chi connectivity index (χ0) is 20.4. The van der Waals surface area contributed by atoms with Gasteiger partial charge in [-0.25, -0.2) is 9.37 Å². The molecule has 4 aromatic rings. The number of carbonyl (C=O) groups is 1. The molecule has 4 nitrogen and oxygen atoms in total. The van der Waals surface area contributed by atoms with E-state index < -0.39 is 5.82 Å². The topological polar surface area (TPSA) is 42.4 Å². The van der Waals surface area contributed by atoms with Gasteiger partial charge in [-0.05, 0) is 54.6 Å². The first-order valence-corrected chi connectivity index (χ1v) is 10.1. The minimum absolute atomic E-state index is 0.283. The third-order valence-electron chi connectivity index (χ3n) is 4.05. The Kier molecular flexibility index (Phi) is 5.67. The molecule has 8 heteroatoms. The van der Waals surface area contributed by atoms with Gasteiger partial charge in [0.25, 0.3) is 5.91 Å². The van der Waals surface area contributed by atoms with Crippen LogP contribution in [0.15, 0.2) is 66.7 Å². The number of para-hydroxylation sites is 1. The minimum atomic E-state index is -0.394. The predicted octanol–water partition coefficient (Wildman–Crippen LogP) is 6.49. The lowest BCUT2D eigenvalue weighted by atomic mass is 10.3. The van der Waals surface area contributed by atoms with Crippen molar-refractivity contribution in [2.45, 2.75) is 0 Å². The Balaban J connectivity index is 1.65. The monoisotopic (exact) mass is 446 g/mol. The summed E-state index contributed by atoms with van der Waals surface area (Å²) < 4.78 is 19.9. The maximum Gasteiger partial charge on any atom is 0.271 e. The fraction of sp³-hybridized carbons (Fsp3) is 0.0476. The second kappa shape index (κ2) is 8.37. The SMILES string of the molecule is O=C(COc1ccc(Cl)cc1Cl)N(c1ccc(F)cc1)c1nc2ccccc2s1. The molecule has 0 fully saturated rings. The summed E-state index contributed by atoms with van der Waals surface area (Å²) in [7, 11) is 0. The van der Waals surface area contributed by atoms with E-state index in [9.17, 15) is 9.18 Å². The van der Waals surface area contributed by atoms with Gasteiger partial charge in [-0.3, -0.25) is 9.69 Å². The van der Waals surface area contributed by atoms with E-state index in [1.165, 1.54) is 46.6 Å². The Hall–Kier alpha value is -2.67. The van der Waals surface area contributed by atoms with E-state index in [2.05, 4.69) is 4.98 Å². The number of aromatic nitrogens is 1. The first-order chi connectivity index (χ1) is 14.0. The van der Waals surface area contributed by atoms with Gasteiger partial charge < -0.3 is 4.74 Å². The molecule has 0 atom stereocenters. The number of ether oxygens (including phenoxy) is 1. The second-order valence-corrected chi connectivity index (χ2v) is 7.89. The number of fused-ring (bicyclic) bond motifs is 1. The van der Waals surface area contributed by atoms with Crippen LogP contribution in [-0.4, -0.2) is 17.5 Å². The van der Waals surface area contributed by atoms with Crippen molar-refractivity contribution < 1.29 is 13.9 Å². The van der Waals surface area contributed by atoms with Crippen LogP contribution in [0.3, 0.4) is 0 Å². The smallest absolute Gasteiger partial charge is 0.271 e. The molecule has 0 aliphatic rings. The molecular weight excluding hydrogens is 434 g/mol. The van der Waals surface area contributed by atoms with Crippen LogP contribution < -0.4 is 9.64 Å². The van der Waals surface area contributed by atoms with Crippen LogP contribution in [0.2, 0.25) is 10.0 Å². The maximum atomic E-state index is 13.4. The fourth-order valence-corrected chi connectivity index (χ4v) is 4.17. The number of hydrogen-bond acceptors (Lipinski definition) is 4. The number of halogens is 3. The number of nitrogens with zero attached hydrogens (tertiary/aromatic N) is 2. The molecule has 1 aromatic heterocycles. The molecular formula is C21H13Cl2FN2O2S. The van der Waals surface area contributed by atoms with E-state index in [0.717, 1.165) is 10.2 Å². The Morgan fingerprint density at radius 3 is 2.55 bits per heavy atom. The van der Waals surface area contributed by atoms with Crippen LogP contribution in [0.4, 0.5) is 15.2 Å². The average molecular weight is 447 g/mol. The maximum absolute atomic E-state index is 13.4. The van der Waals surface area contributed by atoms with Crippen molar-refractivity contribution in [1.82, 2.24) is 4.98 Å². The van der Waals surface area contributed by atoms with E-state index in [4.69, 9.17) is 27.9 Å². The molecule has 1 heterocycles. The predicted molar refractivity (Wildman–Crippen MR) is 115 cm³/mol. The molecule has 0 saturated carbocycles. The summed E-state index contributed by atoms with van der Waals surface area (Å²) in [6.45, 7) is -0.283. The van der Waals surface area contributed by atoms with Gasteiger partial charge in [0.2, 0.25) is 0 Å². The Morgan fingerprint density at radius 1 is 1.07 bits per heavy atom. The van der Waals surface area contributed by atoms with Crippen LogP contribution in [-0.2, 0) is 4.79 Å². The highest BCUT2D eigenvalue weighted by atomic mass is 35.5. The van der Waals surface area contributed by atoms with E-state index in [1.54, 1.807) is 12.1 Å². The highest BCUT2D eigenvalue weighted by Gasteiger charge is 2.23. The molecule has 29 heavy (non-hydrogen) atoms. The molecule has 0 bridgehead atoms. The molecule has 146 valence electrons. The zero-order valence-electron chi connectivity index (χ0n) is 14.8. The molecule has 1 amide bonds. The normalized spacial score (nSPS) is 10.9. The molecule has 0 radical (unpaired) electrons. The summed E-state index contributed by atoms with van der Waals surface area (Å²) in [4.78, 5) is 19.0. The van der Waals surface area contributed by atoms with Gasteiger partial charge in [-0.15, -0.1) is 0 Å². The van der Waals surface area contributed by atoms with Crippen LogP contribution in [0, 0.1) is 5.82 Å². The van der Waals surface area contributed by atoms with Crippen molar-refractivity contribution in [3.8, 4) is 5.75 Å². The van der Waals surface area contributed by atoms with Crippen molar-refractivity contribution >= 4 is 61.5 Å². The van der Waals surface area contributed by atoms with Crippen LogP contribution >= 0.6 is 34.5 Å². The molecule has 0 saturated heterocycles. The van der Waals surface area contributed by atoms with E-state index >= 15 is 0 Å². The molecule has 0 N–H and O–H groups in total.